The zero-order valence-corrected chi connectivity index (χ0v) is 15.2. The normalized spacial score (nSPS) is 13.6. The van der Waals surface area contributed by atoms with Gasteiger partial charge in [-0.1, -0.05) is 43.3 Å². The number of halogens is 2. The Morgan fingerprint density at radius 3 is 2.64 bits per heavy atom. The highest BCUT2D eigenvalue weighted by Gasteiger charge is 2.32. The molecule has 2 heterocycles. The van der Waals surface area contributed by atoms with E-state index in [-0.39, 0.29) is 11.8 Å². The second-order valence-electron chi connectivity index (χ2n) is 6.45. The summed E-state index contributed by atoms with van der Waals surface area (Å²) in [5, 5.41) is 10.7. The van der Waals surface area contributed by atoms with E-state index in [1.807, 2.05) is 42.3 Å². The minimum atomic E-state index is -2.83. The molecule has 0 unspecified atom stereocenters. The molecular weight excluding hydrogens is 366 g/mol. The molecule has 0 saturated heterocycles. The smallest absolute Gasteiger partial charge is 0.314 e. The first kappa shape index (κ1) is 18.2. The number of benzene rings is 2. The molecule has 1 aromatic heterocycles. The summed E-state index contributed by atoms with van der Waals surface area (Å²) in [6.45, 7) is 3.74. The Hall–Kier alpha value is -3.13. The van der Waals surface area contributed by atoms with E-state index in [0.717, 1.165) is 11.1 Å². The van der Waals surface area contributed by atoms with Crippen molar-refractivity contribution in [1.82, 2.24) is 20.2 Å². The molecule has 6 nitrogen and oxygen atoms in total. The minimum absolute atomic E-state index is 0.0269. The standard InChI is InChI=1S/C20H18F2N4O2/c1-2-25(11-13-6-4-3-5-7-13)26-12-15-9-8-14(10-16(15)20(26)27)18-23-24-19(28-18)17(21)22/h3-10,17H,2,11-12H2,1H3. The molecule has 0 N–H and O–H groups in total. The van der Waals surface area contributed by atoms with Crippen LogP contribution >= 0.6 is 0 Å². The molecule has 0 aliphatic carbocycles. The van der Waals surface area contributed by atoms with Crippen molar-refractivity contribution >= 4 is 5.91 Å². The summed E-state index contributed by atoms with van der Waals surface area (Å²) < 4.78 is 30.3. The van der Waals surface area contributed by atoms with E-state index in [0.29, 0.717) is 30.8 Å². The van der Waals surface area contributed by atoms with Crippen molar-refractivity contribution in [3.05, 3.63) is 71.1 Å². The number of aromatic nitrogens is 2. The number of hydrogen-bond acceptors (Lipinski definition) is 5. The number of carbonyl (C=O) groups is 1. The lowest BCUT2D eigenvalue weighted by atomic mass is 10.1. The Labute approximate surface area is 160 Å². The summed E-state index contributed by atoms with van der Waals surface area (Å²) in [6, 6.07) is 15.0. The largest absolute Gasteiger partial charge is 0.415 e. The molecular formula is C20H18F2N4O2. The van der Waals surface area contributed by atoms with Gasteiger partial charge in [-0.05, 0) is 23.3 Å². The van der Waals surface area contributed by atoms with Crippen LogP contribution in [0.4, 0.5) is 8.78 Å². The summed E-state index contributed by atoms with van der Waals surface area (Å²) >= 11 is 0. The molecule has 0 bridgehead atoms. The average molecular weight is 384 g/mol. The molecule has 0 radical (unpaired) electrons. The van der Waals surface area contributed by atoms with Gasteiger partial charge < -0.3 is 4.42 Å². The van der Waals surface area contributed by atoms with E-state index in [4.69, 9.17) is 4.42 Å². The van der Waals surface area contributed by atoms with Crippen LogP contribution in [0.25, 0.3) is 11.5 Å². The molecule has 144 valence electrons. The lowest BCUT2D eigenvalue weighted by Crippen LogP contribution is -2.42. The predicted molar refractivity (Wildman–Crippen MR) is 97.1 cm³/mol. The summed E-state index contributed by atoms with van der Waals surface area (Å²) in [6.07, 6.45) is -2.83. The number of hydrazine groups is 1. The third kappa shape index (κ3) is 3.38. The maximum Gasteiger partial charge on any atom is 0.314 e. The Kier molecular flexibility index (Phi) is 4.87. The molecule has 4 rings (SSSR count). The van der Waals surface area contributed by atoms with Gasteiger partial charge in [0, 0.05) is 24.2 Å². The molecule has 0 saturated carbocycles. The van der Waals surface area contributed by atoms with Crippen LogP contribution in [0.15, 0.2) is 52.9 Å². The third-order valence-corrected chi connectivity index (χ3v) is 4.68. The van der Waals surface area contributed by atoms with Gasteiger partial charge in [-0.3, -0.25) is 9.80 Å². The lowest BCUT2D eigenvalue weighted by Gasteiger charge is -2.30. The topological polar surface area (TPSA) is 62.5 Å². The van der Waals surface area contributed by atoms with Gasteiger partial charge in [0.2, 0.25) is 5.89 Å². The SMILES string of the molecule is CCN(Cc1ccccc1)N1Cc2ccc(-c3nnc(C(F)F)o3)cc2C1=O. The van der Waals surface area contributed by atoms with Gasteiger partial charge in [0.05, 0.1) is 6.54 Å². The van der Waals surface area contributed by atoms with Crippen LogP contribution in [0.1, 0.15) is 40.7 Å². The fourth-order valence-corrected chi connectivity index (χ4v) is 3.25. The van der Waals surface area contributed by atoms with Crippen LogP contribution in [-0.2, 0) is 13.1 Å². The first-order chi connectivity index (χ1) is 13.6. The van der Waals surface area contributed by atoms with E-state index >= 15 is 0 Å². The van der Waals surface area contributed by atoms with E-state index in [2.05, 4.69) is 10.2 Å². The van der Waals surface area contributed by atoms with E-state index in [1.54, 1.807) is 23.2 Å². The Morgan fingerprint density at radius 2 is 1.96 bits per heavy atom. The summed E-state index contributed by atoms with van der Waals surface area (Å²) in [7, 11) is 0. The van der Waals surface area contributed by atoms with Crippen molar-refractivity contribution in [3.8, 4) is 11.5 Å². The van der Waals surface area contributed by atoms with Gasteiger partial charge in [-0.25, -0.2) is 5.01 Å². The molecule has 3 aromatic rings. The second-order valence-corrected chi connectivity index (χ2v) is 6.45. The molecule has 0 fully saturated rings. The van der Waals surface area contributed by atoms with Gasteiger partial charge in [0.25, 0.3) is 11.8 Å². The monoisotopic (exact) mass is 384 g/mol. The number of rotatable bonds is 6. The molecule has 28 heavy (non-hydrogen) atoms. The van der Waals surface area contributed by atoms with Crippen LogP contribution in [-0.4, -0.2) is 32.7 Å². The van der Waals surface area contributed by atoms with E-state index < -0.39 is 12.3 Å². The lowest BCUT2D eigenvalue weighted by molar-refractivity contribution is -0.0119. The average Bonchev–Trinajstić information content (AvgIpc) is 3.32. The van der Waals surface area contributed by atoms with Crippen molar-refractivity contribution in [3.63, 3.8) is 0 Å². The van der Waals surface area contributed by atoms with Gasteiger partial charge in [0.15, 0.2) is 0 Å². The van der Waals surface area contributed by atoms with Crippen LogP contribution in [0, 0.1) is 0 Å². The fourth-order valence-electron chi connectivity index (χ4n) is 3.25. The Balaban J connectivity index is 1.57. The van der Waals surface area contributed by atoms with Crippen molar-refractivity contribution in [2.75, 3.05) is 6.54 Å². The van der Waals surface area contributed by atoms with Gasteiger partial charge in [0.1, 0.15) is 0 Å². The van der Waals surface area contributed by atoms with Gasteiger partial charge in [-0.15, -0.1) is 10.2 Å². The number of hydrogen-bond donors (Lipinski definition) is 0. The third-order valence-electron chi connectivity index (χ3n) is 4.68. The maximum absolute atomic E-state index is 13.0. The van der Waals surface area contributed by atoms with Crippen molar-refractivity contribution in [2.45, 2.75) is 26.4 Å². The molecule has 1 aliphatic rings. The van der Waals surface area contributed by atoms with Gasteiger partial charge >= 0.3 is 6.43 Å². The number of amides is 1. The molecule has 1 aliphatic heterocycles. The summed E-state index contributed by atoms with van der Waals surface area (Å²) in [5.74, 6) is -0.896. The highest BCUT2D eigenvalue weighted by molar-refractivity contribution is 5.99. The van der Waals surface area contributed by atoms with Crippen LogP contribution < -0.4 is 0 Å². The summed E-state index contributed by atoms with van der Waals surface area (Å²) in [4.78, 5) is 13.0. The molecule has 1 amide bonds. The molecule has 8 heteroatoms. The molecule has 0 atom stereocenters. The first-order valence-electron chi connectivity index (χ1n) is 8.92. The number of nitrogens with zero attached hydrogens (tertiary/aromatic N) is 4. The molecule has 0 spiro atoms. The van der Waals surface area contributed by atoms with Crippen LogP contribution in [0.3, 0.4) is 0 Å². The maximum atomic E-state index is 13.0. The number of alkyl halides is 2. The Morgan fingerprint density at radius 1 is 1.18 bits per heavy atom. The highest BCUT2D eigenvalue weighted by atomic mass is 19.3. The zero-order valence-electron chi connectivity index (χ0n) is 15.2. The molecule has 2 aromatic carbocycles. The first-order valence-corrected chi connectivity index (χ1v) is 8.92. The summed E-state index contributed by atoms with van der Waals surface area (Å²) in [5.41, 5.74) is 2.94. The van der Waals surface area contributed by atoms with Crippen molar-refractivity contribution < 1.29 is 18.0 Å². The van der Waals surface area contributed by atoms with E-state index in [1.165, 1.54) is 0 Å². The second kappa shape index (κ2) is 7.47. The van der Waals surface area contributed by atoms with Crippen LogP contribution in [0.2, 0.25) is 0 Å². The predicted octanol–water partition coefficient (Wildman–Crippen LogP) is 4.07. The van der Waals surface area contributed by atoms with Crippen molar-refractivity contribution in [2.24, 2.45) is 0 Å². The quantitative estimate of drug-likeness (QED) is 0.641. The van der Waals surface area contributed by atoms with Crippen molar-refractivity contribution in [1.29, 1.82) is 0 Å². The van der Waals surface area contributed by atoms with Crippen LogP contribution in [0.5, 0.6) is 0 Å². The number of carbonyl (C=O) groups excluding carboxylic acids is 1. The Bertz CT molecular complexity index is 991. The number of fused-ring (bicyclic) bond motifs is 1. The highest BCUT2D eigenvalue weighted by Crippen LogP contribution is 2.30. The van der Waals surface area contributed by atoms with E-state index in [9.17, 15) is 13.6 Å². The minimum Gasteiger partial charge on any atom is -0.415 e. The fraction of sp³-hybridized carbons (Fsp3) is 0.250. The zero-order chi connectivity index (χ0) is 19.7. The van der Waals surface area contributed by atoms with Gasteiger partial charge in [-0.2, -0.15) is 8.78 Å².